The molecule has 48 valence electrons. The van der Waals surface area contributed by atoms with Crippen LogP contribution in [-0.2, 0) is 9.53 Å². The molecule has 1 rings (SSSR count). The van der Waals surface area contributed by atoms with Gasteiger partial charge in [-0.05, 0) is 19.3 Å². The molecule has 0 atom stereocenters. The Hall–Kier alpha value is -0.970. The molecule has 0 N–H and O–H groups in total. The maximum Gasteiger partial charge on any atom is 0.384 e. The fraction of sp³-hybridized carbons (Fsp3) is 0.571. The van der Waals surface area contributed by atoms with Crippen LogP contribution in [0.3, 0.4) is 0 Å². The second-order valence-electron chi connectivity index (χ2n) is 2.10. The van der Waals surface area contributed by atoms with E-state index in [-0.39, 0.29) is 6.10 Å². The van der Waals surface area contributed by atoms with Crippen molar-refractivity contribution in [3.8, 4) is 12.3 Å². The molecule has 0 aliphatic heterocycles. The molecule has 1 saturated carbocycles. The quantitative estimate of drug-likeness (QED) is 0.292. The molecule has 2 nitrogen and oxygen atoms in total. The third-order valence-electron chi connectivity index (χ3n) is 1.44. The average Bonchev–Trinajstić information content (AvgIpc) is 1.78. The van der Waals surface area contributed by atoms with E-state index in [1.807, 2.05) is 5.92 Å². The van der Waals surface area contributed by atoms with Crippen LogP contribution in [0.2, 0.25) is 0 Å². The average molecular weight is 124 g/mol. The summed E-state index contributed by atoms with van der Waals surface area (Å²) in [5.74, 6) is 1.37. The van der Waals surface area contributed by atoms with Crippen LogP contribution >= 0.6 is 0 Å². The van der Waals surface area contributed by atoms with Crippen LogP contribution in [0, 0.1) is 12.3 Å². The SMILES string of the molecule is C#CC(=O)OC1CCC1. The van der Waals surface area contributed by atoms with E-state index in [9.17, 15) is 4.79 Å². The minimum atomic E-state index is -0.528. The zero-order chi connectivity index (χ0) is 6.69. The molecule has 9 heavy (non-hydrogen) atoms. The molecule has 0 spiro atoms. The van der Waals surface area contributed by atoms with Crippen molar-refractivity contribution in [2.75, 3.05) is 0 Å². The van der Waals surface area contributed by atoms with Crippen molar-refractivity contribution in [3.63, 3.8) is 0 Å². The lowest BCUT2D eigenvalue weighted by molar-refractivity contribution is -0.145. The molecule has 2 heteroatoms. The van der Waals surface area contributed by atoms with Crippen LogP contribution < -0.4 is 0 Å². The third-order valence-corrected chi connectivity index (χ3v) is 1.44. The first-order valence-corrected chi connectivity index (χ1v) is 3.00. The molecular formula is C7H8O2. The summed E-state index contributed by atoms with van der Waals surface area (Å²) in [6.45, 7) is 0. The number of terminal acetylenes is 1. The number of carbonyl (C=O) groups is 1. The highest BCUT2D eigenvalue weighted by atomic mass is 16.5. The molecule has 0 aromatic rings. The minimum absolute atomic E-state index is 0.119. The van der Waals surface area contributed by atoms with Crippen molar-refractivity contribution >= 4 is 5.97 Å². The number of rotatable bonds is 1. The van der Waals surface area contributed by atoms with E-state index in [1.165, 1.54) is 0 Å². The van der Waals surface area contributed by atoms with Gasteiger partial charge in [-0.15, -0.1) is 6.42 Å². The molecular weight excluding hydrogens is 116 g/mol. The Balaban J connectivity index is 2.18. The molecule has 0 amide bonds. The summed E-state index contributed by atoms with van der Waals surface area (Å²) in [5, 5.41) is 0. The smallest absolute Gasteiger partial charge is 0.384 e. The number of carbonyl (C=O) groups excluding carboxylic acids is 1. The van der Waals surface area contributed by atoms with Gasteiger partial charge >= 0.3 is 5.97 Å². The van der Waals surface area contributed by atoms with E-state index in [0.717, 1.165) is 19.3 Å². The second kappa shape index (κ2) is 2.54. The number of esters is 1. The Bertz CT molecular complexity index is 151. The zero-order valence-electron chi connectivity index (χ0n) is 5.09. The van der Waals surface area contributed by atoms with Crippen LogP contribution in [0.1, 0.15) is 19.3 Å². The molecule has 0 unspecified atom stereocenters. The normalized spacial score (nSPS) is 17.7. The fourth-order valence-corrected chi connectivity index (χ4v) is 0.674. The van der Waals surface area contributed by atoms with Crippen LogP contribution in [0.5, 0.6) is 0 Å². The van der Waals surface area contributed by atoms with Gasteiger partial charge in [0.1, 0.15) is 6.10 Å². The highest BCUT2D eigenvalue weighted by molar-refractivity contribution is 5.87. The highest BCUT2D eigenvalue weighted by Crippen LogP contribution is 2.21. The standard InChI is InChI=1S/C7H8O2/c1-2-7(8)9-6-4-3-5-6/h1,6H,3-5H2. The van der Waals surface area contributed by atoms with Gasteiger partial charge in [0.25, 0.3) is 0 Å². The molecule has 1 aliphatic rings. The molecule has 0 aromatic heterocycles. The maximum atomic E-state index is 10.4. The van der Waals surface area contributed by atoms with Crippen molar-refractivity contribution in [1.29, 1.82) is 0 Å². The van der Waals surface area contributed by atoms with E-state index >= 15 is 0 Å². The van der Waals surface area contributed by atoms with E-state index in [4.69, 9.17) is 11.2 Å². The maximum absolute atomic E-state index is 10.4. The van der Waals surface area contributed by atoms with Crippen molar-refractivity contribution in [2.24, 2.45) is 0 Å². The molecule has 0 heterocycles. The lowest BCUT2D eigenvalue weighted by atomic mass is 9.96. The van der Waals surface area contributed by atoms with Gasteiger partial charge in [-0.2, -0.15) is 0 Å². The summed E-state index contributed by atoms with van der Waals surface area (Å²) in [5.41, 5.74) is 0. The largest absolute Gasteiger partial charge is 0.453 e. The van der Waals surface area contributed by atoms with E-state index in [0.29, 0.717) is 0 Å². The van der Waals surface area contributed by atoms with Gasteiger partial charge < -0.3 is 4.74 Å². The van der Waals surface area contributed by atoms with Crippen molar-refractivity contribution in [2.45, 2.75) is 25.4 Å². The summed E-state index contributed by atoms with van der Waals surface area (Å²) in [4.78, 5) is 10.4. The van der Waals surface area contributed by atoms with Crippen LogP contribution in [-0.4, -0.2) is 12.1 Å². The number of ether oxygens (including phenoxy) is 1. The van der Waals surface area contributed by atoms with Gasteiger partial charge in [0, 0.05) is 5.92 Å². The Morgan fingerprint density at radius 1 is 1.67 bits per heavy atom. The van der Waals surface area contributed by atoms with E-state index in [2.05, 4.69) is 0 Å². The Kier molecular flexibility index (Phi) is 1.74. The molecule has 0 radical (unpaired) electrons. The van der Waals surface area contributed by atoms with Gasteiger partial charge in [0.05, 0.1) is 0 Å². The lowest BCUT2D eigenvalue weighted by Crippen LogP contribution is -2.24. The van der Waals surface area contributed by atoms with Gasteiger partial charge in [0.15, 0.2) is 0 Å². The Morgan fingerprint density at radius 2 is 2.33 bits per heavy atom. The van der Waals surface area contributed by atoms with Crippen LogP contribution in [0.15, 0.2) is 0 Å². The zero-order valence-corrected chi connectivity index (χ0v) is 5.09. The topological polar surface area (TPSA) is 26.3 Å². The second-order valence-corrected chi connectivity index (χ2v) is 2.10. The summed E-state index contributed by atoms with van der Waals surface area (Å²) in [6, 6.07) is 0. The predicted molar refractivity (Wildman–Crippen MR) is 32.6 cm³/mol. The molecule has 0 saturated heterocycles. The highest BCUT2D eigenvalue weighted by Gasteiger charge is 2.20. The minimum Gasteiger partial charge on any atom is -0.453 e. The molecule has 0 aromatic carbocycles. The van der Waals surface area contributed by atoms with Gasteiger partial charge in [-0.1, -0.05) is 0 Å². The van der Waals surface area contributed by atoms with Crippen molar-refractivity contribution < 1.29 is 9.53 Å². The molecule has 0 bridgehead atoms. The monoisotopic (exact) mass is 124 g/mol. The van der Waals surface area contributed by atoms with E-state index in [1.54, 1.807) is 0 Å². The fourth-order valence-electron chi connectivity index (χ4n) is 0.674. The Labute approximate surface area is 54.2 Å². The lowest BCUT2D eigenvalue weighted by Gasteiger charge is -2.23. The first kappa shape index (κ1) is 6.15. The summed E-state index contributed by atoms with van der Waals surface area (Å²) in [6.07, 6.45) is 8.01. The van der Waals surface area contributed by atoms with Gasteiger partial charge in [-0.25, -0.2) is 4.79 Å². The van der Waals surface area contributed by atoms with Crippen LogP contribution in [0.4, 0.5) is 0 Å². The predicted octanol–water partition coefficient (Wildman–Crippen LogP) is 0.715. The molecule has 1 aliphatic carbocycles. The van der Waals surface area contributed by atoms with E-state index < -0.39 is 5.97 Å². The first-order valence-electron chi connectivity index (χ1n) is 3.00. The third kappa shape index (κ3) is 1.46. The molecule has 1 fully saturated rings. The Morgan fingerprint density at radius 3 is 2.67 bits per heavy atom. The summed E-state index contributed by atoms with van der Waals surface area (Å²) in [7, 11) is 0. The first-order chi connectivity index (χ1) is 4.33. The summed E-state index contributed by atoms with van der Waals surface area (Å²) < 4.78 is 4.76. The summed E-state index contributed by atoms with van der Waals surface area (Å²) >= 11 is 0. The van der Waals surface area contributed by atoms with Crippen LogP contribution in [0.25, 0.3) is 0 Å². The number of hydrogen-bond donors (Lipinski definition) is 0. The number of hydrogen-bond acceptors (Lipinski definition) is 2. The van der Waals surface area contributed by atoms with Gasteiger partial charge in [-0.3, -0.25) is 0 Å². The van der Waals surface area contributed by atoms with Gasteiger partial charge in [0.2, 0.25) is 0 Å². The van der Waals surface area contributed by atoms with Crippen molar-refractivity contribution in [3.05, 3.63) is 0 Å². The van der Waals surface area contributed by atoms with Crippen molar-refractivity contribution in [1.82, 2.24) is 0 Å².